The molecule has 1 fully saturated rings. The Morgan fingerprint density at radius 1 is 1.47 bits per heavy atom. The summed E-state index contributed by atoms with van der Waals surface area (Å²) in [5.74, 6) is 0.277. The number of nitrogens with one attached hydrogen (secondary N) is 2. The van der Waals surface area contributed by atoms with Crippen LogP contribution >= 0.6 is 0 Å². The average Bonchev–Trinajstić information content (AvgIpc) is 2.24. The van der Waals surface area contributed by atoms with E-state index < -0.39 is 0 Å². The van der Waals surface area contributed by atoms with E-state index in [4.69, 9.17) is 0 Å². The summed E-state index contributed by atoms with van der Waals surface area (Å²) in [6, 6.07) is 1.53. The molecule has 0 amide bonds. The Kier molecular flexibility index (Phi) is 2.73. The molecule has 0 bridgehead atoms. The molecule has 5 nitrogen and oxygen atoms in total. The van der Waals surface area contributed by atoms with Crippen LogP contribution in [0.1, 0.15) is 24.5 Å². The van der Waals surface area contributed by atoms with Crippen LogP contribution in [0.2, 0.25) is 0 Å². The third-order valence-electron chi connectivity index (χ3n) is 2.92. The van der Waals surface area contributed by atoms with Crippen molar-refractivity contribution in [3.05, 3.63) is 32.6 Å². The van der Waals surface area contributed by atoms with Crippen LogP contribution in [0.4, 0.5) is 0 Å². The van der Waals surface area contributed by atoms with E-state index in [1.165, 1.54) is 10.6 Å². The molecule has 2 rings (SSSR count). The Bertz CT molecular complexity index is 454. The molecule has 5 heteroatoms. The van der Waals surface area contributed by atoms with Gasteiger partial charge in [-0.1, -0.05) is 0 Å². The summed E-state index contributed by atoms with van der Waals surface area (Å²) in [6.07, 6.45) is 2.12. The summed E-state index contributed by atoms with van der Waals surface area (Å²) in [5, 5.41) is 3.27. The highest BCUT2D eigenvalue weighted by Gasteiger charge is 2.18. The van der Waals surface area contributed by atoms with Gasteiger partial charge in [-0.15, -0.1) is 0 Å². The fraction of sp³-hybridized carbons (Fsp3) is 0.600. The second-order valence-electron chi connectivity index (χ2n) is 3.97. The lowest BCUT2D eigenvalue weighted by molar-refractivity contribution is 0.441. The van der Waals surface area contributed by atoms with Gasteiger partial charge in [-0.05, 0) is 19.4 Å². The van der Waals surface area contributed by atoms with Gasteiger partial charge in [-0.25, -0.2) is 4.79 Å². The lowest BCUT2D eigenvalue weighted by Crippen LogP contribution is -2.35. The summed E-state index contributed by atoms with van der Waals surface area (Å²) in [4.78, 5) is 24.9. The van der Waals surface area contributed by atoms with Gasteiger partial charge in [-0.2, -0.15) is 0 Å². The molecular formula is C10H15N3O2. The third kappa shape index (κ3) is 2.02. The molecule has 2 N–H and O–H groups in total. The Morgan fingerprint density at radius 2 is 2.27 bits per heavy atom. The first-order chi connectivity index (χ1) is 7.18. The summed E-state index contributed by atoms with van der Waals surface area (Å²) >= 11 is 0. The molecule has 0 radical (unpaired) electrons. The van der Waals surface area contributed by atoms with Crippen molar-refractivity contribution in [2.75, 3.05) is 13.1 Å². The van der Waals surface area contributed by atoms with Crippen molar-refractivity contribution < 1.29 is 0 Å². The molecule has 0 aliphatic carbocycles. The molecule has 1 aromatic rings. The van der Waals surface area contributed by atoms with Crippen molar-refractivity contribution in [1.82, 2.24) is 14.9 Å². The third-order valence-corrected chi connectivity index (χ3v) is 2.92. The predicted molar refractivity (Wildman–Crippen MR) is 57.1 cm³/mol. The van der Waals surface area contributed by atoms with E-state index in [1.54, 1.807) is 7.05 Å². The van der Waals surface area contributed by atoms with Gasteiger partial charge in [0, 0.05) is 31.3 Å². The van der Waals surface area contributed by atoms with E-state index in [2.05, 4.69) is 10.3 Å². The molecule has 82 valence electrons. The van der Waals surface area contributed by atoms with Crippen LogP contribution < -0.4 is 16.6 Å². The van der Waals surface area contributed by atoms with Crippen LogP contribution in [0.25, 0.3) is 0 Å². The Balaban J connectivity index is 2.42. The number of rotatable bonds is 1. The monoisotopic (exact) mass is 209 g/mol. The molecule has 0 aromatic carbocycles. The predicted octanol–water partition coefficient (Wildman–Crippen LogP) is -0.459. The van der Waals surface area contributed by atoms with Crippen LogP contribution in [0, 0.1) is 0 Å². The molecule has 1 saturated heterocycles. The molecular weight excluding hydrogens is 194 g/mol. The number of piperidine rings is 1. The van der Waals surface area contributed by atoms with Gasteiger partial charge in [-0.3, -0.25) is 9.78 Å². The first-order valence-corrected chi connectivity index (χ1v) is 5.19. The molecule has 1 atom stereocenters. The number of H-pyrrole nitrogens is 1. The Labute approximate surface area is 87.1 Å². The van der Waals surface area contributed by atoms with Crippen molar-refractivity contribution in [1.29, 1.82) is 0 Å². The second kappa shape index (κ2) is 4.02. The summed E-state index contributed by atoms with van der Waals surface area (Å²) in [7, 11) is 1.70. The van der Waals surface area contributed by atoms with Gasteiger partial charge < -0.3 is 9.88 Å². The van der Waals surface area contributed by atoms with Gasteiger partial charge >= 0.3 is 5.69 Å². The smallest absolute Gasteiger partial charge is 0.316 e. The highest BCUT2D eigenvalue weighted by Crippen LogP contribution is 2.20. The van der Waals surface area contributed by atoms with E-state index in [0.29, 0.717) is 0 Å². The lowest BCUT2D eigenvalue weighted by atomic mass is 9.96. The lowest BCUT2D eigenvalue weighted by Gasteiger charge is -2.24. The molecule has 2 heterocycles. The minimum atomic E-state index is -0.330. The van der Waals surface area contributed by atoms with Gasteiger partial charge in [0.15, 0.2) is 0 Å². The van der Waals surface area contributed by atoms with Crippen molar-refractivity contribution in [2.24, 2.45) is 7.05 Å². The number of hydrogen-bond donors (Lipinski definition) is 2. The van der Waals surface area contributed by atoms with Crippen LogP contribution in [-0.2, 0) is 7.05 Å². The fourth-order valence-corrected chi connectivity index (χ4v) is 2.07. The number of hydrogen-bond acceptors (Lipinski definition) is 3. The maximum atomic E-state index is 11.4. The fourth-order valence-electron chi connectivity index (χ4n) is 2.07. The van der Waals surface area contributed by atoms with Gasteiger partial charge in [0.2, 0.25) is 0 Å². The average molecular weight is 209 g/mol. The zero-order valence-electron chi connectivity index (χ0n) is 8.75. The first kappa shape index (κ1) is 10.2. The molecule has 15 heavy (non-hydrogen) atoms. The van der Waals surface area contributed by atoms with Gasteiger partial charge in [0.25, 0.3) is 5.56 Å². The number of nitrogens with zero attached hydrogens (tertiary/aromatic N) is 1. The minimum absolute atomic E-state index is 0.277. The maximum absolute atomic E-state index is 11.4. The van der Waals surface area contributed by atoms with Crippen molar-refractivity contribution >= 4 is 0 Å². The second-order valence-corrected chi connectivity index (χ2v) is 3.97. The summed E-state index contributed by atoms with van der Waals surface area (Å²) in [6.45, 7) is 1.87. The minimum Gasteiger partial charge on any atom is -0.316 e. The molecule has 0 saturated carbocycles. The summed E-state index contributed by atoms with van der Waals surface area (Å²) < 4.78 is 1.53. The standard InChI is InChI=1S/C10H15N3O2/c1-13-8(5-9(14)12-10(13)15)7-3-2-4-11-6-7/h5,7,11H,2-4,6H2,1H3,(H,12,14,15). The van der Waals surface area contributed by atoms with E-state index in [-0.39, 0.29) is 17.2 Å². The van der Waals surface area contributed by atoms with Crippen LogP contribution in [-0.4, -0.2) is 22.6 Å². The van der Waals surface area contributed by atoms with Crippen molar-refractivity contribution in [3.63, 3.8) is 0 Å². The van der Waals surface area contributed by atoms with Crippen LogP contribution in [0.3, 0.4) is 0 Å². The molecule has 1 aromatic heterocycles. The highest BCUT2D eigenvalue weighted by molar-refractivity contribution is 5.09. The Hall–Kier alpha value is -1.36. The Morgan fingerprint density at radius 3 is 2.93 bits per heavy atom. The summed E-state index contributed by atoms with van der Waals surface area (Å²) in [5.41, 5.74) is 0.192. The number of aromatic nitrogens is 2. The van der Waals surface area contributed by atoms with E-state index in [1.807, 2.05) is 0 Å². The SMILES string of the molecule is Cn1c(C2CCCNC2)cc(=O)[nH]c1=O. The van der Waals surface area contributed by atoms with E-state index in [9.17, 15) is 9.59 Å². The zero-order chi connectivity index (χ0) is 10.8. The van der Waals surface area contributed by atoms with Crippen LogP contribution in [0.15, 0.2) is 15.7 Å². The molecule has 1 aliphatic rings. The van der Waals surface area contributed by atoms with Gasteiger partial charge in [0.05, 0.1) is 0 Å². The number of aromatic amines is 1. The molecule has 1 unspecified atom stereocenters. The van der Waals surface area contributed by atoms with Crippen molar-refractivity contribution in [3.8, 4) is 0 Å². The normalized spacial score (nSPS) is 21.5. The largest absolute Gasteiger partial charge is 0.328 e. The molecule has 1 aliphatic heterocycles. The van der Waals surface area contributed by atoms with Crippen LogP contribution in [0.5, 0.6) is 0 Å². The van der Waals surface area contributed by atoms with E-state index in [0.717, 1.165) is 31.6 Å². The van der Waals surface area contributed by atoms with Gasteiger partial charge in [0.1, 0.15) is 0 Å². The highest BCUT2D eigenvalue weighted by atomic mass is 16.2. The zero-order valence-corrected chi connectivity index (χ0v) is 8.75. The van der Waals surface area contributed by atoms with Crippen molar-refractivity contribution in [2.45, 2.75) is 18.8 Å². The topological polar surface area (TPSA) is 66.9 Å². The van der Waals surface area contributed by atoms with E-state index >= 15 is 0 Å². The molecule has 0 spiro atoms. The quantitative estimate of drug-likeness (QED) is 0.657. The maximum Gasteiger partial charge on any atom is 0.328 e. The first-order valence-electron chi connectivity index (χ1n) is 5.19.